The van der Waals surface area contributed by atoms with Gasteiger partial charge in [0.15, 0.2) is 0 Å². The van der Waals surface area contributed by atoms with Crippen molar-refractivity contribution < 1.29 is 0 Å². The Morgan fingerprint density at radius 1 is 1.00 bits per heavy atom. The molecule has 0 aromatic rings. The Hall–Kier alpha value is -0.855. The van der Waals surface area contributed by atoms with E-state index >= 15 is 0 Å². The summed E-state index contributed by atoms with van der Waals surface area (Å²) in [5.74, 6) is 11.7. The summed E-state index contributed by atoms with van der Waals surface area (Å²) in [7, 11) is 3.94. The SMILES string of the molecule is CC#CB(C#CC)N(C)C. The van der Waals surface area contributed by atoms with E-state index in [-0.39, 0.29) is 6.85 Å². The molecule has 0 rings (SSSR count). The van der Waals surface area contributed by atoms with Crippen molar-refractivity contribution in [2.45, 2.75) is 13.8 Å². The highest BCUT2D eigenvalue weighted by atomic mass is 15.0. The van der Waals surface area contributed by atoms with E-state index < -0.39 is 0 Å². The molecule has 0 bridgehead atoms. The van der Waals surface area contributed by atoms with E-state index in [1.807, 2.05) is 32.8 Å². The maximum absolute atomic E-state index is 2.99. The Balaban J connectivity index is 4.17. The molecule has 0 aromatic carbocycles. The van der Waals surface area contributed by atoms with Gasteiger partial charge in [-0.25, -0.2) is 0 Å². The van der Waals surface area contributed by atoms with Crippen LogP contribution in [-0.2, 0) is 0 Å². The van der Waals surface area contributed by atoms with E-state index in [9.17, 15) is 0 Å². The van der Waals surface area contributed by atoms with Crippen LogP contribution in [-0.4, -0.2) is 25.8 Å². The fourth-order valence-electron chi connectivity index (χ4n) is 0.568. The maximum Gasteiger partial charge on any atom is 0.396 e. The van der Waals surface area contributed by atoms with Gasteiger partial charge in [-0.3, -0.25) is 0 Å². The van der Waals surface area contributed by atoms with Gasteiger partial charge in [-0.15, -0.1) is 23.5 Å². The first-order chi connectivity index (χ1) is 4.72. The highest BCUT2D eigenvalue weighted by molar-refractivity contribution is 6.72. The topological polar surface area (TPSA) is 3.24 Å². The van der Waals surface area contributed by atoms with E-state index in [4.69, 9.17) is 0 Å². The molecule has 52 valence electrons. The summed E-state index contributed by atoms with van der Waals surface area (Å²) in [6.45, 7) is 3.75. The monoisotopic (exact) mass is 133 g/mol. The molecule has 0 radical (unpaired) electrons. The zero-order valence-corrected chi connectivity index (χ0v) is 7.02. The highest BCUT2D eigenvalue weighted by Crippen LogP contribution is 1.81. The molecule has 0 aliphatic rings. The highest BCUT2D eigenvalue weighted by Gasteiger charge is 2.08. The zero-order chi connectivity index (χ0) is 7.98. The second kappa shape index (κ2) is 4.97. The van der Waals surface area contributed by atoms with Gasteiger partial charge in [0.25, 0.3) is 0 Å². The molecule has 0 N–H and O–H groups in total. The van der Waals surface area contributed by atoms with Gasteiger partial charge in [0, 0.05) is 0 Å². The number of hydrogen-bond donors (Lipinski definition) is 0. The van der Waals surface area contributed by atoms with Crippen LogP contribution in [0.15, 0.2) is 0 Å². The lowest BCUT2D eigenvalue weighted by Crippen LogP contribution is -2.30. The molecule has 1 nitrogen and oxygen atoms in total. The second-order valence-corrected chi connectivity index (χ2v) is 2.15. The van der Waals surface area contributed by atoms with Crippen LogP contribution < -0.4 is 0 Å². The van der Waals surface area contributed by atoms with Crippen molar-refractivity contribution in [2.24, 2.45) is 0 Å². The van der Waals surface area contributed by atoms with E-state index in [2.05, 4.69) is 23.5 Å². The predicted molar refractivity (Wildman–Crippen MR) is 46.3 cm³/mol. The summed E-state index contributed by atoms with van der Waals surface area (Å²) >= 11 is 0. The van der Waals surface area contributed by atoms with Gasteiger partial charge in [0.1, 0.15) is 0 Å². The van der Waals surface area contributed by atoms with Crippen LogP contribution in [0.2, 0.25) is 0 Å². The summed E-state index contributed by atoms with van der Waals surface area (Å²) < 4.78 is 0. The Bertz CT molecular complexity index is 179. The summed E-state index contributed by atoms with van der Waals surface area (Å²) in [6.07, 6.45) is 0. The Morgan fingerprint density at radius 2 is 1.40 bits per heavy atom. The van der Waals surface area contributed by atoms with Crippen LogP contribution in [0.3, 0.4) is 0 Å². The normalized spacial score (nSPS) is 7.30. The van der Waals surface area contributed by atoms with Crippen molar-refractivity contribution >= 4 is 6.85 Å². The molecule has 2 heteroatoms. The van der Waals surface area contributed by atoms with E-state index in [1.165, 1.54) is 0 Å². The lowest BCUT2D eigenvalue weighted by molar-refractivity contribution is 0.660. The standard InChI is InChI=1S/C8H12BN/c1-5-7-9(8-6-2)10(3)4/h1-4H3. The molecule has 0 saturated carbocycles. The van der Waals surface area contributed by atoms with Crippen molar-refractivity contribution in [3.8, 4) is 23.5 Å². The summed E-state index contributed by atoms with van der Waals surface area (Å²) in [4.78, 5) is 1.99. The van der Waals surface area contributed by atoms with Crippen molar-refractivity contribution in [3.05, 3.63) is 0 Å². The van der Waals surface area contributed by atoms with Crippen LogP contribution in [0.25, 0.3) is 0 Å². The molecule has 10 heavy (non-hydrogen) atoms. The van der Waals surface area contributed by atoms with Gasteiger partial charge >= 0.3 is 6.85 Å². The molecule has 0 fully saturated rings. The quantitative estimate of drug-likeness (QED) is 0.375. The van der Waals surface area contributed by atoms with Gasteiger partial charge in [-0.2, -0.15) is 0 Å². The van der Waals surface area contributed by atoms with Crippen LogP contribution in [0.4, 0.5) is 0 Å². The van der Waals surface area contributed by atoms with E-state index in [0.29, 0.717) is 0 Å². The lowest BCUT2D eigenvalue weighted by Gasteiger charge is -2.07. The van der Waals surface area contributed by atoms with Crippen LogP contribution in [0, 0.1) is 23.5 Å². The lowest BCUT2D eigenvalue weighted by atomic mass is 9.63. The van der Waals surface area contributed by atoms with Crippen molar-refractivity contribution in [1.29, 1.82) is 0 Å². The molecule has 0 amide bonds. The largest absolute Gasteiger partial charge is 0.396 e. The first-order valence-electron chi connectivity index (χ1n) is 3.23. The minimum absolute atomic E-state index is 0.0926. The number of nitrogens with zero attached hydrogens (tertiary/aromatic N) is 1. The number of hydrogen-bond acceptors (Lipinski definition) is 1. The van der Waals surface area contributed by atoms with E-state index in [1.54, 1.807) is 0 Å². The summed E-state index contributed by atoms with van der Waals surface area (Å²) in [6, 6.07) is 0. The fourth-order valence-corrected chi connectivity index (χ4v) is 0.568. The minimum atomic E-state index is 0.0926. The van der Waals surface area contributed by atoms with E-state index in [0.717, 1.165) is 0 Å². The third-order valence-electron chi connectivity index (χ3n) is 1.08. The van der Waals surface area contributed by atoms with Crippen LogP contribution in [0.5, 0.6) is 0 Å². The third-order valence-corrected chi connectivity index (χ3v) is 1.08. The van der Waals surface area contributed by atoms with Gasteiger partial charge in [0.2, 0.25) is 0 Å². The molecule has 0 heterocycles. The Kier molecular flexibility index (Phi) is 4.55. The molecule has 0 aliphatic carbocycles. The van der Waals surface area contributed by atoms with Crippen LogP contribution in [0.1, 0.15) is 13.8 Å². The third kappa shape index (κ3) is 3.23. The van der Waals surface area contributed by atoms with Crippen molar-refractivity contribution in [2.75, 3.05) is 14.1 Å². The molecule has 0 aliphatic heterocycles. The molecule has 0 unspecified atom stereocenters. The van der Waals surface area contributed by atoms with Crippen molar-refractivity contribution in [1.82, 2.24) is 4.81 Å². The minimum Gasteiger partial charge on any atom is -0.326 e. The number of rotatable bonds is 1. The van der Waals surface area contributed by atoms with Gasteiger partial charge in [0.05, 0.1) is 0 Å². The average Bonchev–Trinajstić information content (AvgIpc) is 1.87. The molecular formula is C8H12BN. The second-order valence-electron chi connectivity index (χ2n) is 2.15. The fraction of sp³-hybridized carbons (Fsp3) is 0.500. The maximum atomic E-state index is 2.99. The van der Waals surface area contributed by atoms with Crippen LogP contribution >= 0.6 is 0 Å². The summed E-state index contributed by atoms with van der Waals surface area (Å²) in [5, 5.41) is 0. The summed E-state index contributed by atoms with van der Waals surface area (Å²) in [5.41, 5.74) is 0. The first kappa shape index (κ1) is 9.14. The molecule has 0 aromatic heterocycles. The Labute approximate surface area is 63.9 Å². The molecular weight excluding hydrogens is 121 g/mol. The first-order valence-corrected chi connectivity index (χ1v) is 3.23. The van der Waals surface area contributed by atoms with Gasteiger partial charge < -0.3 is 4.81 Å². The molecule has 0 saturated heterocycles. The zero-order valence-electron chi connectivity index (χ0n) is 7.02. The Morgan fingerprint density at radius 3 is 1.60 bits per heavy atom. The van der Waals surface area contributed by atoms with Gasteiger partial charge in [-0.05, 0) is 27.9 Å². The van der Waals surface area contributed by atoms with Gasteiger partial charge in [-0.1, -0.05) is 0 Å². The smallest absolute Gasteiger partial charge is 0.326 e. The average molecular weight is 133 g/mol. The predicted octanol–water partition coefficient (Wildman–Crippen LogP) is 0.664. The molecule has 0 atom stereocenters. The molecule has 0 spiro atoms. The van der Waals surface area contributed by atoms with Crippen molar-refractivity contribution in [3.63, 3.8) is 0 Å².